The van der Waals surface area contributed by atoms with E-state index in [-0.39, 0.29) is 6.04 Å². The Labute approximate surface area is 109 Å². The molecule has 1 aliphatic rings. The van der Waals surface area contributed by atoms with Gasteiger partial charge in [0.2, 0.25) is 10.0 Å². The summed E-state index contributed by atoms with van der Waals surface area (Å²) in [5.74, 6) is -4.88. The number of hydrogen-bond acceptors (Lipinski definition) is 3. The number of sulfonamides is 1. The van der Waals surface area contributed by atoms with Crippen LogP contribution in [0.25, 0.3) is 0 Å². The molecule has 1 aromatic carbocycles. The first-order chi connectivity index (χ1) is 8.85. The summed E-state index contributed by atoms with van der Waals surface area (Å²) >= 11 is 0. The number of benzene rings is 1. The Hall–Kier alpha value is -1.12. The van der Waals surface area contributed by atoms with Crippen molar-refractivity contribution in [2.24, 2.45) is 0 Å². The second kappa shape index (κ2) is 5.10. The highest BCUT2D eigenvalue weighted by atomic mass is 32.2. The van der Waals surface area contributed by atoms with Gasteiger partial charge in [0.25, 0.3) is 0 Å². The summed E-state index contributed by atoms with van der Waals surface area (Å²) in [6, 6.07) is 1.02. The molecule has 2 rings (SSSR count). The predicted octanol–water partition coefficient (Wildman–Crippen LogP) is 1.09. The van der Waals surface area contributed by atoms with Crippen molar-refractivity contribution < 1.29 is 21.6 Å². The van der Waals surface area contributed by atoms with E-state index in [1.54, 1.807) is 0 Å². The summed E-state index contributed by atoms with van der Waals surface area (Å²) in [7, 11) is -2.88. The maximum Gasteiger partial charge on any atom is 0.246 e. The van der Waals surface area contributed by atoms with Gasteiger partial charge in [0, 0.05) is 19.6 Å². The number of halogens is 3. The van der Waals surface area contributed by atoms with Crippen LogP contribution in [0.15, 0.2) is 17.0 Å². The Morgan fingerprint density at radius 2 is 1.95 bits per heavy atom. The smallest absolute Gasteiger partial charge is 0.246 e. The molecule has 0 unspecified atom stereocenters. The van der Waals surface area contributed by atoms with Crippen molar-refractivity contribution in [1.82, 2.24) is 9.62 Å². The number of nitrogens with zero attached hydrogens (tertiary/aromatic N) is 1. The lowest BCUT2D eigenvalue weighted by Crippen LogP contribution is -2.38. The van der Waals surface area contributed by atoms with E-state index in [1.165, 1.54) is 7.05 Å². The van der Waals surface area contributed by atoms with Gasteiger partial charge in [0.1, 0.15) is 4.90 Å². The van der Waals surface area contributed by atoms with E-state index in [0.29, 0.717) is 25.6 Å². The number of hydrogen-bond donors (Lipinski definition) is 1. The van der Waals surface area contributed by atoms with Gasteiger partial charge in [-0.25, -0.2) is 21.6 Å². The van der Waals surface area contributed by atoms with E-state index >= 15 is 0 Å². The molecule has 0 aromatic heterocycles. The van der Waals surface area contributed by atoms with E-state index in [9.17, 15) is 21.6 Å². The SMILES string of the molecule is CN([C@@H]1CCNC1)S(=O)(=O)c1ccc(F)c(F)c1F. The third kappa shape index (κ3) is 2.47. The van der Waals surface area contributed by atoms with Crippen LogP contribution in [0, 0.1) is 17.5 Å². The third-order valence-corrected chi connectivity index (χ3v) is 5.13. The fourth-order valence-corrected chi connectivity index (χ4v) is 3.45. The zero-order chi connectivity index (χ0) is 14.2. The lowest BCUT2D eigenvalue weighted by atomic mass is 10.3. The third-order valence-electron chi connectivity index (χ3n) is 3.21. The average molecular weight is 294 g/mol. The summed E-state index contributed by atoms with van der Waals surface area (Å²) in [6.45, 7) is 1.10. The van der Waals surface area contributed by atoms with E-state index in [2.05, 4.69) is 5.32 Å². The van der Waals surface area contributed by atoms with Crippen LogP contribution in [-0.2, 0) is 10.0 Å². The first-order valence-electron chi connectivity index (χ1n) is 5.68. The topological polar surface area (TPSA) is 49.4 Å². The lowest BCUT2D eigenvalue weighted by molar-refractivity contribution is 0.380. The van der Waals surface area contributed by atoms with Gasteiger partial charge in [0.15, 0.2) is 17.5 Å². The van der Waals surface area contributed by atoms with Crippen LogP contribution in [0.4, 0.5) is 13.2 Å². The Balaban J connectivity index is 2.42. The molecule has 0 saturated carbocycles. The van der Waals surface area contributed by atoms with Crippen molar-refractivity contribution in [3.05, 3.63) is 29.6 Å². The van der Waals surface area contributed by atoms with Crippen molar-refractivity contribution in [2.45, 2.75) is 17.4 Å². The average Bonchev–Trinajstić information content (AvgIpc) is 2.88. The number of likely N-dealkylation sites (N-methyl/N-ethyl adjacent to an activating group) is 1. The summed E-state index contributed by atoms with van der Waals surface area (Å²) in [5, 5.41) is 2.98. The molecular formula is C11H13F3N2O2S. The largest absolute Gasteiger partial charge is 0.315 e. The van der Waals surface area contributed by atoms with Gasteiger partial charge >= 0.3 is 0 Å². The summed E-state index contributed by atoms with van der Waals surface area (Å²) in [4.78, 5) is -0.846. The van der Waals surface area contributed by atoms with Crippen LogP contribution in [0.1, 0.15) is 6.42 Å². The standard InChI is InChI=1S/C11H13F3N2O2S/c1-16(7-4-5-15-6-7)19(17,18)9-3-2-8(12)10(13)11(9)14/h2-3,7,15H,4-6H2,1H3/t7-/m1/s1. The minimum atomic E-state index is -4.18. The summed E-state index contributed by atoms with van der Waals surface area (Å²) < 4.78 is 64.8. The van der Waals surface area contributed by atoms with Gasteiger partial charge in [-0.2, -0.15) is 4.31 Å². The highest BCUT2D eigenvalue weighted by Gasteiger charge is 2.33. The monoisotopic (exact) mass is 294 g/mol. The molecule has 0 bridgehead atoms. The first kappa shape index (κ1) is 14.3. The molecule has 1 fully saturated rings. The van der Waals surface area contributed by atoms with Crippen molar-refractivity contribution in [3.8, 4) is 0 Å². The number of nitrogens with one attached hydrogen (secondary N) is 1. The normalized spacial score (nSPS) is 20.2. The van der Waals surface area contributed by atoms with Crippen molar-refractivity contribution >= 4 is 10.0 Å². The minimum Gasteiger partial charge on any atom is -0.315 e. The zero-order valence-corrected chi connectivity index (χ0v) is 11.0. The van der Waals surface area contributed by atoms with Crippen molar-refractivity contribution in [1.29, 1.82) is 0 Å². The van der Waals surface area contributed by atoms with Crippen LogP contribution in [0.3, 0.4) is 0 Å². The zero-order valence-electron chi connectivity index (χ0n) is 10.2. The molecule has 19 heavy (non-hydrogen) atoms. The van der Waals surface area contributed by atoms with Gasteiger partial charge < -0.3 is 5.32 Å². The molecular weight excluding hydrogens is 281 g/mol. The lowest BCUT2D eigenvalue weighted by Gasteiger charge is -2.23. The van der Waals surface area contributed by atoms with Gasteiger partial charge in [-0.1, -0.05) is 0 Å². The predicted molar refractivity (Wildman–Crippen MR) is 62.5 cm³/mol. The molecule has 0 spiro atoms. The molecule has 1 saturated heterocycles. The van der Waals surface area contributed by atoms with Gasteiger partial charge in [-0.3, -0.25) is 0 Å². The molecule has 106 valence electrons. The molecule has 0 aliphatic carbocycles. The Morgan fingerprint density at radius 3 is 2.53 bits per heavy atom. The van der Waals surface area contributed by atoms with E-state index < -0.39 is 32.4 Å². The fraction of sp³-hybridized carbons (Fsp3) is 0.455. The van der Waals surface area contributed by atoms with E-state index in [1.807, 2.05) is 0 Å². The maximum atomic E-state index is 13.6. The summed E-state index contributed by atoms with van der Waals surface area (Å²) in [5.41, 5.74) is 0. The fourth-order valence-electron chi connectivity index (χ4n) is 2.01. The molecule has 1 heterocycles. The highest BCUT2D eigenvalue weighted by molar-refractivity contribution is 7.89. The second-order valence-electron chi connectivity index (χ2n) is 4.34. The molecule has 1 aromatic rings. The first-order valence-corrected chi connectivity index (χ1v) is 7.12. The minimum absolute atomic E-state index is 0.322. The maximum absolute atomic E-state index is 13.6. The second-order valence-corrected chi connectivity index (χ2v) is 6.31. The van der Waals surface area contributed by atoms with Crippen LogP contribution in [-0.4, -0.2) is 38.9 Å². The molecule has 0 amide bonds. The number of rotatable bonds is 3. The van der Waals surface area contributed by atoms with Gasteiger partial charge in [-0.15, -0.1) is 0 Å². The van der Waals surface area contributed by atoms with E-state index in [4.69, 9.17) is 0 Å². The van der Waals surface area contributed by atoms with Gasteiger partial charge in [-0.05, 0) is 25.1 Å². The molecule has 1 aliphatic heterocycles. The van der Waals surface area contributed by atoms with Crippen molar-refractivity contribution in [3.63, 3.8) is 0 Å². The van der Waals surface area contributed by atoms with Crippen LogP contribution in [0.5, 0.6) is 0 Å². The summed E-state index contributed by atoms with van der Waals surface area (Å²) in [6.07, 6.45) is 0.584. The van der Waals surface area contributed by atoms with Crippen LogP contribution < -0.4 is 5.32 Å². The van der Waals surface area contributed by atoms with Gasteiger partial charge in [0.05, 0.1) is 0 Å². The van der Waals surface area contributed by atoms with Crippen LogP contribution in [0.2, 0.25) is 0 Å². The highest BCUT2D eigenvalue weighted by Crippen LogP contribution is 2.24. The Morgan fingerprint density at radius 1 is 1.26 bits per heavy atom. The van der Waals surface area contributed by atoms with Crippen LogP contribution >= 0.6 is 0 Å². The molecule has 1 N–H and O–H groups in total. The molecule has 8 heteroatoms. The molecule has 4 nitrogen and oxygen atoms in total. The Kier molecular flexibility index (Phi) is 3.84. The van der Waals surface area contributed by atoms with E-state index in [0.717, 1.165) is 10.4 Å². The molecule has 0 radical (unpaired) electrons. The molecule has 1 atom stereocenters. The Bertz CT molecular complexity index is 586. The quantitative estimate of drug-likeness (QED) is 0.849. The van der Waals surface area contributed by atoms with Crippen molar-refractivity contribution in [2.75, 3.05) is 20.1 Å².